The summed E-state index contributed by atoms with van der Waals surface area (Å²) in [4.78, 5) is 30.1. The molecule has 0 aliphatic rings. The molecule has 0 bridgehead atoms. The molecule has 0 unspecified atom stereocenters. The zero-order chi connectivity index (χ0) is 20.2. The Balaban J connectivity index is 1.59. The Morgan fingerprint density at radius 2 is 1.86 bits per heavy atom. The molecule has 5 nitrogen and oxygen atoms in total. The first-order valence-corrected chi connectivity index (χ1v) is 11.0. The summed E-state index contributed by atoms with van der Waals surface area (Å²) in [6.45, 7) is 2.37. The van der Waals surface area contributed by atoms with Crippen LogP contribution in [-0.2, 0) is 11.3 Å². The van der Waals surface area contributed by atoms with Crippen LogP contribution < -0.4 is 10.9 Å². The van der Waals surface area contributed by atoms with Crippen molar-refractivity contribution in [3.8, 4) is 0 Å². The molecule has 0 atom stereocenters. The zero-order valence-corrected chi connectivity index (χ0v) is 17.4. The summed E-state index contributed by atoms with van der Waals surface area (Å²) < 4.78 is 2.29. The van der Waals surface area contributed by atoms with Crippen LogP contribution in [0, 0.1) is 6.92 Å². The standard InChI is InChI=1S/C22H19N3O2S2/c1-15-7-5-6-10-17(15)23-19(26)14-29-22-24-18-11-12-28-20(18)21(27)25(22)13-16-8-3-2-4-9-16/h2-12H,13-14H2,1H3,(H,23,26). The van der Waals surface area contributed by atoms with Crippen molar-refractivity contribution in [1.82, 2.24) is 9.55 Å². The Morgan fingerprint density at radius 1 is 1.10 bits per heavy atom. The number of thiophene rings is 1. The molecule has 0 spiro atoms. The lowest BCUT2D eigenvalue weighted by atomic mass is 10.2. The zero-order valence-electron chi connectivity index (χ0n) is 15.8. The molecule has 0 radical (unpaired) electrons. The molecule has 2 aromatic carbocycles. The topological polar surface area (TPSA) is 64.0 Å². The van der Waals surface area contributed by atoms with Crippen molar-refractivity contribution < 1.29 is 4.79 Å². The maximum atomic E-state index is 13.0. The molecule has 29 heavy (non-hydrogen) atoms. The predicted molar refractivity (Wildman–Crippen MR) is 120 cm³/mol. The van der Waals surface area contributed by atoms with Crippen LogP contribution in [0.25, 0.3) is 10.2 Å². The second-order valence-electron chi connectivity index (χ2n) is 6.56. The van der Waals surface area contributed by atoms with Crippen LogP contribution in [-0.4, -0.2) is 21.2 Å². The van der Waals surface area contributed by atoms with Crippen LogP contribution in [0.4, 0.5) is 5.69 Å². The van der Waals surface area contributed by atoms with Crippen molar-refractivity contribution in [1.29, 1.82) is 0 Å². The fraction of sp³-hybridized carbons (Fsp3) is 0.136. The van der Waals surface area contributed by atoms with E-state index in [0.717, 1.165) is 16.8 Å². The summed E-state index contributed by atoms with van der Waals surface area (Å²) in [5.74, 6) is 0.0424. The molecule has 0 aliphatic carbocycles. The summed E-state index contributed by atoms with van der Waals surface area (Å²) in [6.07, 6.45) is 0. The van der Waals surface area contributed by atoms with Gasteiger partial charge in [0.2, 0.25) is 5.91 Å². The molecular weight excluding hydrogens is 402 g/mol. The van der Waals surface area contributed by atoms with Gasteiger partial charge in [-0.2, -0.15) is 0 Å². The quantitative estimate of drug-likeness (QED) is 0.367. The lowest BCUT2D eigenvalue weighted by Crippen LogP contribution is -2.24. The molecule has 0 saturated heterocycles. The monoisotopic (exact) mass is 421 g/mol. The number of benzene rings is 2. The summed E-state index contributed by atoms with van der Waals surface area (Å²) in [6, 6.07) is 19.3. The maximum absolute atomic E-state index is 13.0. The van der Waals surface area contributed by atoms with Gasteiger partial charge in [0.05, 0.1) is 17.8 Å². The van der Waals surface area contributed by atoms with E-state index in [1.165, 1.54) is 23.1 Å². The van der Waals surface area contributed by atoms with Gasteiger partial charge in [-0.25, -0.2) is 4.98 Å². The number of thioether (sulfide) groups is 1. The molecular formula is C22H19N3O2S2. The minimum atomic E-state index is -0.129. The third-order valence-electron chi connectivity index (χ3n) is 4.47. The van der Waals surface area contributed by atoms with Crippen LogP contribution in [0.15, 0.2) is 76.0 Å². The Bertz CT molecular complexity index is 1220. The first-order valence-electron chi connectivity index (χ1n) is 9.12. The van der Waals surface area contributed by atoms with Crippen LogP contribution in [0.3, 0.4) is 0 Å². The third kappa shape index (κ3) is 4.41. The highest BCUT2D eigenvalue weighted by Crippen LogP contribution is 2.22. The number of carbonyl (C=O) groups is 1. The molecule has 2 aromatic heterocycles. The Labute approximate surface area is 176 Å². The SMILES string of the molecule is Cc1ccccc1NC(=O)CSc1nc2ccsc2c(=O)n1Cc1ccccc1. The van der Waals surface area contributed by atoms with Gasteiger partial charge in [0.25, 0.3) is 5.56 Å². The van der Waals surface area contributed by atoms with Gasteiger partial charge in [-0.05, 0) is 35.6 Å². The van der Waals surface area contributed by atoms with Crippen molar-refractivity contribution in [2.24, 2.45) is 0 Å². The van der Waals surface area contributed by atoms with Crippen molar-refractivity contribution in [2.45, 2.75) is 18.6 Å². The third-order valence-corrected chi connectivity index (χ3v) is 6.33. The Hall–Kier alpha value is -2.90. The number of carbonyl (C=O) groups excluding carboxylic acids is 1. The van der Waals surface area contributed by atoms with Gasteiger partial charge in [0.15, 0.2) is 5.16 Å². The van der Waals surface area contributed by atoms with Gasteiger partial charge in [-0.1, -0.05) is 60.3 Å². The number of anilines is 1. The molecule has 0 saturated carbocycles. The molecule has 4 rings (SSSR count). The van der Waals surface area contributed by atoms with E-state index in [4.69, 9.17) is 0 Å². The van der Waals surface area contributed by atoms with Gasteiger partial charge in [-0.15, -0.1) is 11.3 Å². The smallest absolute Gasteiger partial charge is 0.272 e. The van der Waals surface area contributed by atoms with Crippen molar-refractivity contribution in [3.05, 3.63) is 87.5 Å². The highest BCUT2D eigenvalue weighted by Gasteiger charge is 2.15. The van der Waals surface area contributed by atoms with Crippen LogP contribution in [0.5, 0.6) is 0 Å². The number of amides is 1. The average Bonchev–Trinajstić information content (AvgIpc) is 3.20. The summed E-state index contributed by atoms with van der Waals surface area (Å²) in [5, 5.41) is 5.34. The Kier molecular flexibility index (Phi) is 5.78. The van der Waals surface area contributed by atoms with E-state index in [1.54, 1.807) is 4.57 Å². The molecule has 0 aliphatic heterocycles. The molecule has 7 heteroatoms. The predicted octanol–water partition coefficient (Wildman–Crippen LogP) is 4.55. The van der Waals surface area contributed by atoms with Crippen LogP contribution in [0.1, 0.15) is 11.1 Å². The van der Waals surface area contributed by atoms with E-state index < -0.39 is 0 Å². The van der Waals surface area contributed by atoms with Gasteiger partial charge < -0.3 is 5.32 Å². The second kappa shape index (κ2) is 8.63. The summed E-state index contributed by atoms with van der Waals surface area (Å²) in [5.41, 5.74) is 3.41. The van der Waals surface area contributed by atoms with Crippen molar-refractivity contribution in [2.75, 3.05) is 11.1 Å². The average molecular weight is 422 g/mol. The van der Waals surface area contributed by atoms with Gasteiger partial charge in [0, 0.05) is 5.69 Å². The summed E-state index contributed by atoms with van der Waals surface area (Å²) in [7, 11) is 0. The van der Waals surface area contributed by atoms with E-state index in [-0.39, 0.29) is 17.2 Å². The highest BCUT2D eigenvalue weighted by atomic mass is 32.2. The van der Waals surface area contributed by atoms with Crippen molar-refractivity contribution >= 4 is 44.9 Å². The number of nitrogens with one attached hydrogen (secondary N) is 1. The normalized spacial score (nSPS) is 10.9. The fourth-order valence-electron chi connectivity index (χ4n) is 2.97. The number of hydrogen-bond acceptors (Lipinski definition) is 5. The number of rotatable bonds is 6. The van der Waals surface area contributed by atoms with Gasteiger partial charge in [0.1, 0.15) is 4.70 Å². The number of hydrogen-bond donors (Lipinski definition) is 1. The molecule has 4 aromatic rings. The molecule has 0 fully saturated rings. The largest absolute Gasteiger partial charge is 0.325 e. The number of fused-ring (bicyclic) bond motifs is 1. The number of para-hydroxylation sites is 1. The number of aryl methyl sites for hydroxylation is 1. The molecule has 1 amide bonds. The van der Waals surface area contributed by atoms with Crippen molar-refractivity contribution in [3.63, 3.8) is 0 Å². The molecule has 1 N–H and O–H groups in total. The molecule has 146 valence electrons. The van der Waals surface area contributed by atoms with E-state index in [1.807, 2.05) is 73.0 Å². The minimum absolute atomic E-state index is 0.0735. The lowest BCUT2D eigenvalue weighted by Gasteiger charge is -2.12. The van der Waals surface area contributed by atoms with E-state index in [0.29, 0.717) is 21.9 Å². The molecule has 2 heterocycles. The lowest BCUT2D eigenvalue weighted by molar-refractivity contribution is -0.113. The van der Waals surface area contributed by atoms with Crippen LogP contribution in [0.2, 0.25) is 0 Å². The maximum Gasteiger partial charge on any atom is 0.272 e. The minimum Gasteiger partial charge on any atom is -0.325 e. The second-order valence-corrected chi connectivity index (χ2v) is 8.42. The Morgan fingerprint density at radius 3 is 2.66 bits per heavy atom. The number of nitrogens with zero attached hydrogens (tertiary/aromatic N) is 2. The first-order chi connectivity index (χ1) is 14.1. The fourth-order valence-corrected chi connectivity index (χ4v) is 4.55. The first kappa shape index (κ1) is 19.4. The highest BCUT2D eigenvalue weighted by molar-refractivity contribution is 7.99. The van der Waals surface area contributed by atoms with E-state index in [9.17, 15) is 9.59 Å². The van der Waals surface area contributed by atoms with Gasteiger partial charge >= 0.3 is 0 Å². The summed E-state index contributed by atoms with van der Waals surface area (Å²) >= 11 is 2.67. The van der Waals surface area contributed by atoms with Crippen LogP contribution >= 0.6 is 23.1 Å². The van der Waals surface area contributed by atoms with E-state index in [2.05, 4.69) is 10.3 Å². The van der Waals surface area contributed by atoms with Gasteiger partial charge in [-0.3, -0.25) is 14.2 Å². The number of aromatic nitrogens is 2. The van der Waals surface area contributed by atoms with E-state index >= 15 is 0 Å².